The van der Waals surface area contributed by atoms with Gasteiger partial charge in [0.2, 0.25) is 11.6 Å². The van der Waals surface area contributed by atoms with Gasteiger partial charge in [-0.2, -0.15) is 0 Å². The van der Waals surface area contributed by atoms with Gasteiger partial charge in [-0.3, -0.25) is 9.59 Å². The second kappa shape index (κ2) is 18.1. The number of aliphatic hydroxyl groups excluding tert-OH is 10. The normalized spacial score (nSPS) is 32.0. The second-order valence-electron chi connectivity index (χ2n) is 15.6. The van der Waals surface area contributed by atoms with E-state index in [0.29, 0.717) is 5.56 Å². The highest BCUT2D eigenvalue weighted by molar-refractivity contribution is 6.07. The molecule has 0 bridgehead atoms. The molecule has 4 heterocycles. The average Bonchev–Trinajstić information content (AvgIpc) is 3.27. The molecule has 10 unspecified atom stereocenters. The van der Waals surface area contributed by atoms with Crippen molar-refractivity contribution in [2.24, 2.45) is 0 Å². The van der Waals surface area contributed by atoms with Crippen LogP contribution in [0.25, 0.3) is 0 Å². The van der Waals surface area contributed by atoms with Gasteiger partial charge >= 0.3 is 0 Å². The molecule has 0 radical (unpaired) electrons. The Morgan fingerprint density at radius 2 is 0.831 bits per heavy atom. The number of ether oxygens (including phenoxy) is 4. The smallest absolute Gasteiger partial charge is 0.202 e. The second-order valence-corrected chi connectivity index (χ2v) is 15.6. The first kappa shape index (κ1) is 46.9. The number of Topliss-reactive ketones (excluding diaryl/α,β-unsaturated/α-hetero) is 2. The van der Waals surface area contributed by atoms with E-state index in [0.717, 1.165) is 24.3 Å². The van der Waals surface area contributed by atoms with E-state index in [2.05, 4.69) is 0 Å². The van der Waals surface area contributed by atoms with Crippen LogP contribution in [0.2, 0.25) is 0 Å². The first-order valence-electron chi connectivity index (χ1n) is 19.6. The molecule has 0 spiro atoms. The molecule has 23 heteroatoms. The number of carbonyl (C=O) groups is 2. The van der Waals surface area contributed by atoms with Crippen LogP contribution < -0.4 is 9.47 Å². The summed E-state index contributed by atoms with van der Waals surface area (Å²) in [5.74, 6) is -6.63. The van der Waals surface area contributed by atoms with Crippen molar-refractivity contribution < 1.29 is 115 Å². The quantitative estimate of drug-likeness (QED) is 0.0904. The zero-order valence-electron chi connectivity index (χ0n) is 33.2. The van der Waals surface area contributed by atoms with Crippen LogP contribution >= 0.6 is 0 Å². The maximum Gasteiger partial charge on any atom is 0.202 e. The van der Waals surface area contributed by atoms with Crippen molar-refractivity contribution >= 4 is 11.6 Å². The molecule has 14 atom stereocenters. The molecule has 2 fully saturated rings. The zero-order chi connectivity index (χ0) is 47.5. The molecule has 0 aromatic heterocycles. The minimum atomic E-state index is -1.86. The number of hydrogen-bond donors (Lipinski definition) is 17. The van der Waals surface area contributed by atoms with Crippen LogP contribution in [-0.4, -0.2) is 173 Å². The molecule has 4 aliphatic heterocycles. The average molecular weight is 917 g/mol. The number of ketones is 2. The number of phenolic OH excluding ortho intramolecular Hbond substituents is 7. The monoisotopic (exact) mass is 916 g/mol. The van der Waals surface area contributed by atoms with Crippen LogP contribution in [0.5, 0.6) is 51.7 Å². The van der Waals surface area contributed by atoms with Crippen LogP contribution in [0, 0.1) is 0 Å². The molecular formula is C42H44O23. The van der Waals surface area contributed by atoms with E-state index in [9.17, 15) is 96.4 Å². The number of aromatic hydroxyl groups is 7. The van der Waals surface area contributed by atoms with Crippen molar-refractivity contribution in [2.45, 2.75) is 85.5 Å². The van der Waals surface area contributed by atoms with Gasteiger partial charge in [-0.25, -0.2) is 0 Å². The lowest BCUT2D eigenvalue weighted by molar-refractivity contribution is -0.232. The third-order valence-electron chi connectivity index (χ3n) is 11.6. The van der Waals surface area contributed by atoms with Crippen molar-refractivity contribution in [3.8, 4) is 51.7 Å². The van der Waals surface area contributed by atoms with E-state index >= 15 is 0 Å². The fourth-order valence-corrected chi connectivity index (χ4v) is 8.05. The van der Waals surface area contributed by atoms with Crippen molar-refractivity contribution in [3.05, 3.63) is 88.0 Å². The number of fused-ring (bicyclic) bond motifs is 2. The van der Waals surface area contributed by atoms with Gasteiger partial charge in [-0.15, -0.1) is 0 Å². The summed E-state index contributed by atoms with van der Waals surface area (Å²) < 4.78 is 22.0. The van der Waals surface area contributed by atoms with E-state index < -0.39 is 167 Å². The molecule has 8 rings (SSSR count). The number of aliphatic hydroxyl groups is 10. The highest BCUT2D eigenvalue weighted by Gasteiger charge is 2.50. The van der Waals surface area contributed by atoms with Crippen molar-refractivity contribution in [1.29, 1.82) is 0 Å². The molecule has 350 valence electrons. The van der Waals surface area contributed by atoms with Crippen LogP contribution in [0.4, 0.5) is 0 Å². The van der Waals surface area contributed by atoms with E-state index in [-0.39, 0.29) is 22.8 Å². The van der Waals surface area contributed by atoms with E-state index in [1.54, 1.807) is 0 Å². The Morgan fingerprint density at radius 1 is 0.431 bits per heavy atom. The molecule has 65 heavy (non-hydrogen) atoms. The SMILES string of the molecule is O=C1c2c(cc(O)c(C3OC(CO)C(O)C(O)C3O)c2O)O[C@H](c2ccc(O)c(O)c2)[C@H]1O.O=C1c2c(cc(O)c(C3OC(CO)C(O)C(O)C3O)c2O)O[C@H](c2ccc(O)cc2)[C@H]1O. The molecule has 0 saturated carbocycles. The lowest BCUT2D eigenvalue weighted by Gasteiger charge is -2.41. The van der Waals surface area contributed by atoms with E-state index in [4.69, 9.17) is 18.9 Å². The Morgan fingerprint density at radius 3 is 1.23 bits per heavy atom. The molecule has 2 saturated heterocycles. The van der Waals surface area contributed by atoms with Gasteiger partial charge in [0, 0.05) is 12.1 Å². The summed E-state index contributed by atoms with van der Waals surface area (Å²) in [6, 6.07) is 11.0. The standard InChI is InChI=1S/C21H22O12.C21H22O11/c22-5-11-14(26)17(29)19(31)21(33-11)12-9(25)4-10-13(15(12)27)16(28)18(30)20(32-10)6-1-2-7(23)8(24)3-6;22-6-11-14(25)17(28)19(30)21(32-11)12-9(24)5-10-13(15(12)26)16(27)18(29)20(31-10)7-1-3-8(23)4-2-7/h1-4,11,14,17-27,29-31H,5H2;1-5,11,14,17-26,28-30H,6H2/t2*11?,14?,17?,18-,19?,20+,21?/m00/s1. The highest BCUT2D eigenvalue weighted by atomic mass is 16.6. The summed E-state index contributed by atoms with van der Waals surface area (Å²) >= 11 is 0. The van der Waals surface area contributed by atoms with Crippen LogP contribution in [-0.2, 0) is 9.47 Å². The number of phenols is 7. The summed E-state index contributed by atoms with van der Waals surface area (Å²) in [6.07, 6.45) is -22.7. The summed E-state index contributed by atoms with van der Waals surface area (Å²) in [4.78, 5) is 25.8. The lowest BCUT2D eigenvalue weighted by Crippen LogP contribution is -2.55. The van der Waals surface area contributed by atoms with Gasteiger partial charge in [-0.05, 0) is 35.4 Å². The summed E-state index contributed by atoms with van der Waals surface area (Å²) in [5, 5.41) is 172. The zero-order valence-corrected chi connectivity index (χ0v) is 33.2. The Labute approximate surface area is 364 Å². The van der Waals surface area contributed by atoms with Gasteiger partial charge in [0.05, 0.1) is 24.3 Å². The van der Waals surface area contributed by atoms with E-state index in [1.165, 1.54) is 30.3 Å². The minimum Gasteiger partial charge on any atom is -0.508 e. The lowest BCUT2D eigenvalue weighted by atomic mass is 9.86. The largest absolute Gasteiger partial charge is 0.508 e. The molecule has 0 aliphatic carbocycles. The van der Waals surface area contributed by atoms with Gasteiger partial charge in [0.15, 0.2) is 35.9 Å². The molecule has 0 amide bonds. The highest BCUT2D eigenvalue weighted by Crippen LogP contribution is 2.51. The fourth-order valence-electron chi connectivity index (χ4n) is 8.05. The minimum absolute atomic E-state index is 0.0368. The first-order chi connectivity index (χ1) is 30.7. The Balaban J connectivity index is 0.000000194. The summed E-state index contributed by atoms with van der Waals surface area (Å²) in [6.45, 7) is -1.49. The van der Waals surface area contributed by atoms with Crippen LogP contribution in [0.3, 0.4) is 0 Å². The predicted octanol–water partition coefficient (Wildman–Crippen LogP) is -2.30. The van der Waals surface area contributed by atoms with Crippen LogP contribution in [0.15, 0.2) is 54.6 Å². The molecule has 23 nitrogen and oxygen atoms in total. The third-order valence-corrected chi connectivity index (χ3v) is 11.6. The van der Waals surface area contributed by atoms with Gasteiger partial charge < -0.3 is 106 Å². The maximum atomic E-state index is 12.9. The van der Waals surface area contributed by atoms with Gasteiger partial charge in [0.1, 0.15) is 112 Å². The molecule has 4 aromatic rings. The van der Waals surface area contributed by atoms with Crippen molar-refractivity contribution in [2.75, 3.05) is 13.2 Å². The summed E-state index contributed by atoms with van der Waals surface area (Å²) in [7, 11) is 0. The van der Waals surface area contributed by atoms with Gasteiger partial charge in [-0.1, -0.05) is 18.2 Å². The van der Waals surface area contributed by atoms with E-state index in [1.807, 2.05) is 0 Å². The third kappa shape index (κ3) is 8.17. The summed E-state index contributed by atoms with van der Waals surface area (Å²) in [5.41, 5.74) is -1.53. The molecular weight excluding hydrogens is 872 g/mol. The number of hydrogen-bond acceptors (Lipinski definition) is 23. The predicted molar refractivity (Wildman–Crippen MR) is 210 cm³/mol. The first-order valence-corrected chi connectivity index (χ1v) is 19.6. The Kier molecular flexibility index (Phi) is 13.0. The Hall–Kier alpha value is -6.06. The number of benzene rings is 4. The van der Waals surface area contributed by atoms with Crippen molar-refractivity contribution in [1.82, 2.24) is 0 Å². The van der Waals surface area contributed by atoms with Crippen LogP contribution in [0.1, 0.15) is 67.4 Å². The maximum absolute atomic E-state index is 12.9. The fraction of sp³-hybridized carbons (Fsp3) is 0.381. The van der Waals surface area contributed by atoms with Gasteiger partial charge in [0.25, 0.3) is 0 Å². The topological polar surface area (TPSA) is 415 Å². The molecule has 4 aromatic carbocycles. The number of rotatable bonds is 6. The molecule has 4 aliphatic rings. The molecule has 17 N–H and O–H groups in total. The number of carbonyl (C=O) groups excluding carboxylic acids is 2. The van der Waals surface area contributed by atoms with Crippen molar-refractivity contribution in [3.63, 3.8) is 0 Å². The Bertz CT molecular complexity index is 2440.